The van der Waals surface area contributed by atoms with Crippen LogP contribution in [0.3, 0.4) is 0 Å². The molecule has 2 N–H and O–H groups in total. The second-order valence-electron chi connectivity index (χ2n) is 4.41. The molecule has 0 aliphatic rings. The molecule has 0 saturated heterocycles. The predicted octanol–water partition coefficient (Wildman–Crippen LogP) is 3.47. The van der Waals surface area contributed by atoms with Gasteiger partial charge in [-0.25, -0.2) is 8.42 Å². The molecule has 0 amide bonds. The van der Waals surface area contributed by atoms with Gasteiger partial charge in [0.25, 0.3) is 10.0 Å². The molecule has 0 unspecified atom stereocenters. The van der Waals surface area contributed by atoms with Crippen molar-refractivity contribution in [2.45, 2.75) is 18.2 Å². The second kappa shape index (κ2) is 6.91. The lowest BCUT2D eigenvalue weighted by atomic mass is 10.3. The molecule has 0 bridgehead atoms. The molecule has 0 saturated carbocycles. The second-order valence-corrected chi connectivity index (χ2v) is 6.98. The molecule has 0 aliphatic carbocycles. The van der Waals surface area contributed by atoms with Crippen LogP contribution in [-0.2, 0) is 10.0 Å². The number of halogens is 1. The Labute approximate surface area is 133 Å². The van der Waals surface area contributed by atoms with Gasteiger partial charge in [0.05, 0.1) is 5.69 Å². The third-order valence-corrected chi connectivity index (χ3v) is 4.62. The minimum atomic E-state index is -3.69. The van der Waals surface area contributed by atoms with Crippen molar-refractivity contribution in [2.24, 2.45) is 0 Å². The molecule has 1 heterocycles. The Morgan fingerprint density at radius 1 is 1.29 bits per heavy atom. The highest BCUT2D eigenvalue weighted by Gasteiger charge is 2.18. The first kappa shape index (κ1) is 15.8. The molecular formula is C14H16BrN3O2S. The van der Waals surface area contributed by atoms with Gasteiger partial charge >= 0.3 is 0 Å². The molecule has 0 atom stereocenters. The molecule has 112 valence electrons. The summed E-state index contributed by atoms with van der Waals surface area (Å²) in [6, 6.07) is 8.65. The van der Waals surface area contributed by atoms with Gasteiger partial charge in [-0.3, -0.25) is 9.71 Å². The maximum atomic E-state index is 12.5. The van der Waals surface area contributed by atoms with Gasteiger partial charge < -0.3 is 5.32 Å². The zero-order chi connectivity index (χ0) is 15.3. The summed E-state index contributed by atoms with van der Waals surface area (Å²) < 4.78 is 28.3. The van der Waals surface area contributed by atoms with Gasteiger partial charge in [0.15, 0.2) is 0 Å². The van der Waals surface area contributed by atoms with E-state index in [-0.39, 0.29) is 4.90 Å². The van der Waals surface area contributed by atoms with Gasteiger partial charge in [0.2, 0.25) is 0 Å². The highest BCUT2D eigenvalue weighted by molar-refractivity contribution is 9.10. The van der Waals surface area contributed by atoms with Gasteiger partial charge in [-0.1, -0.05) is 28.9 Å². The van der Waals surface area contributed by atoms with Crippen LogP contribution in [0.1, 0.15) is 13.3 Å². The third kappa shape index (κ3) is 4.18. The number of aromatic nitrogens is 1. The Hall–Kier alpha value is -1.60. The van der Waals surface area contributed by atoms with Crippen LogP contribution in [0.25, 0.3) is 0 Å². The van der Waals surface area contributed by atoms with Crippen LogP contribution in [-0.4, -0.2) is 19.9 Å². The van der Waals surface area contributed by atoms with Crippen LogP contribution in [0.5, 0.6) is 0 Å². The number of rotatable bonds is 6. The lowest BCUT2D eigenvalue weighted by molar-refractivity contribution is 0.601. The summed E-state index contributed by atoms with van der Waals surface area (Å²) in [5, 5.41) is 3.10. The van der Waals surface area contributed by atoms with Gasteiger partial charge in [-0.15, -0.1) is 0 Å². The summed E-state index contributed by atoms with van der Waals surface area (Å²) >= 11 is 3.32. The van der Waals surface area contributed by atoms with Crippen LogP contribution in [0.2, 0.25) is 0 Å². The predicted molar refractivity (Wildman–Crippen MR) is 88.0 cm³/mol. The Bertz CT molecular complexity index is 720. The number of hydrogen-bond acceptors (Lipinski definition) is 4. The number of nitrogens with one attached hydrogen (secondary N) is 2. The smallest absolute Gasteiger partial charge is 0.265 e. The number of sulfonamides is 1. The fraction of sp³-hybridized carbons (Fsp3) is 0.214. The maximum absolute atomic E-state index is 12.5. The molecule has 0 radical (unpaired) electrons. The number of nitrogens with zero attached hydrogens (tertiary/aromatic N) is 1. The van der Waals surface area contributed by atoms with E-state index in [1.165, 1.54) is 6.20 Å². The minimum Gasteiger partial charge on any atom is -0.384 e. The first-order chi connectivity index (χ1) is 10.0. The van der Waals surface area contributed by atoms with Crippen molar-refractivity contribution in [3.8, 4) is 0 Å². The Kier molecular flexibility index (Phi) is 5.19. The molecular weight excluding hydrogens is 354 g/mol. The summed E-state index contributed by atoms with van der Waals surface area (Å²) in [5.41, 5.74) is 1.05. The molecule has 2 rings (SSSR count). The Morgan fingerprint density at radius 2 is 2.10 bits per heavy atom. The van der Waals surface area contributed by atoms with E-state index in [4.69, 9.17) is 0 Å². The van der Waals surface area contributed by atoms with Gasteiger partial charge in [-0.2, -0.15) is 0 Å². The quantitative estimate of drug-likeness (QED) is 0.817. The first-order valence-corrected chi connectivity index (χ1v) is 8.77. The number of hydrogen-bond donors (Lipinski definition) is 2. The molecule has 1 aromatic carbocycles. The minimum absolute atomic E-state index is 0.137. The fourth-order valence-electron chi connectivity index (χ4n) is 1.76. The van der Waals surface area contributed by atoms with Crippen LogP contribution >= 0.6 is 15.9 Å². The van der Waals surface area contributed by atoms with Crippen molar-refractivity contribution in [1.29, 1.82) is 0 Å². The monoisotopic (exact) mass is 369 g/mol. The van der Waals surface area contributed by atoms with Crippen molar-refractivity contribution in [3.05, 3.63) is 47.2 Å². The average molecular weight is 370 g/mol. The van der Waals surface area contributed by atoms with E-state index in [0.717, 1.165) is 10.9 Å². The van der Waals surface area contributed by atoms with E-state index in [0.29, 0.717) is 17.9 Å². The molecule has 7 heteroatoms. The maximum Gasteiger partial charge on any atom is 0.265 e. The van der Waals surface area contributed by atoms with Crippen LogP contribution in [0.4, 0.5) is 11.4 Å². The Balaban J connectivity index is 2.31. The number of anilines is 2. The van der Waals surface area contributed by atoms with E-state index in [2.05, 4.69) is 31.0 Å². The molecule has 0 fully saturated rings. The number of benzene rings is 1. The average Bonchev–Trinajstić information content (AvgIpc) is 2.45. The topological polar surface area (TPSA) is 71.1 Å². The van der Waals surface area contributed by atoms with Crippen LogP contribution in [0, 0.1) is 0 Å². The fourth-order valence-corrected chi connectivity index (χ4v) is 3.34. The highest BCUT2D eigenvalue weighted by atomic mass is 79.9. The van der Waals surface area contributed by atoms with Gasteiger partial charge in [0, 0.05) is 29.1 Å². The SMILES string of the molecule is CCCNc1ccncc1S(=O)(=O)Nc1cccc(Br)c1. The standard InChI is InChI=1S/C14H16BrN3O2S/c1-2-7-17-13-6-8-16-10-14(13)21(19,20)18-12-5-3-4-11(15)9-12/h3-6,8-10,18H,2,7H2,1H3,(H,16,17). The lowest BCUT2D eigenvalue weighted by Crippen LogP contribution is -2.16. The summed E-state index contributed by atoms with van der Waals surface area (Å²) in [5.74, 6) is 0. The lowest BCUT2D eigenvalue weighted by Gasteiger charge is -2.13. The molecule has 0 spiro atoms. The van der Waals surface area contributed by atoms with Crippen molar-refractivity contribution in [3.63, 3.8) is 0 Å². The van der Waals surface area contributed by atoms with Crippen LogP contribution in [0.15, 0.2) is 52.1 Å². The number of pyridine rings is 1. The van der Waals surface area contributed by atoms with Gasteiger partial charge in [-0.05, 0) is 30.7 Å². The molecule has 2 aromatic rings. The normalized spacial score (nSPS) is 11.1. The first-order valence-electron chi connectivity index (χ1n) is 6.49. The van der Waals surface area contributed by atoms with Crippen molar-refractivity contribution in [2.75, 3.05) is 16.6 Å². The van der Waals surface area contributed by atoms with E-state index in [1.807, 2.05) is 13.0 Å². The summed E-state index contributed by atoms with van der Waals surface area (Å²) in [6.07, 6.45) is 3.81. The van der Waals surface area contributed by atoms with E-state index >= 15 is 0 Å². The van der Waals surface area contributed by atoms with E-state index < -0.39 is 10.0 Å². The zero-order valence-electron chi connectivity index (χ0n) is 11.5. The summed E-state index contributed by atoms with van der Waals surface area (Å²) in [6.45, 7) is 2.71. The van der Waals surface area contributed by atoms with Crippen molar-refractivity contribution in [1.82, 2.24) is 4.98 Å². The van der Waals surface area contributed by atoms with E-state index in [9.17, 15) is 8.42 Å². The molecule has 21 heavy (non-hydrogen) atoms. The molecule has 0 aliphatic heterocycles. The highest BCUT2D eigenvalue weighted by Crippen LogP contribution is 2.24. The van der Waals surface area contributed by atoms with Gasteiger partial charge in [0.1, 0.15) is 4.90 Å². The van der Waals surface area contributed by atoms with E-state index in [1.54, 1.807) is 30.5 Å². The van der Waals surface area contributed by atoms with Crippen molar-refractivity contribution < 1.29 is 8.42 Å². The van der Waals surface area contributed by atoms with Crippen LogP contribution < -0.4 is 10.0 Å². The summed E-state index contributed by atoms with van der Waals surface area (Å²) in [4.78, 5) is 4.05. The largest absolute Gasteiger partial charge is 0.384 e. The van der Waals surface area contributed by atoms with Crippen molar-refractivity contribution >= 4 is 37.3 Å². The summed E-state index contributed by atoms with van der Waals surface area (Å²) in [7, 11) is -3.69. The molecule has 5 nitrogen and oxygen atoms in total. The zero-order valence-corrected chi connectivity index (χ0v) is 13.9. The Morgan fingerprint density at radius 3 is 2.81 bits per heavy atom. The third-order valence-electron chi connectivity index (χ3n) is 2.72. The molecule has 1 aromatic heterocycles.